The molecule has 1 rings (SSSR count). The molecular weight excluding hydrogens is 259 g/mol. The fourth-order valence-corrected chi connectivity index (χ4v) is 1.34. The van der Waals surface area contributed by atoms with Crippen LogP contribution in [-0.4, -0.2) is 24.2 Å². The molecule has 11 heavy (non-hydrogen) atoms. The highest BCUT2D eigenvalue weighted by Gasteiger charge is 2.07. The summed E-state index contributed by atoms with van der Waals surface area (Å²) in [6.45, 7) is 0. The third-order valence-corrected chi connectivity index (χ3v) is 2.04. The number of ether oxygens (including phenoxy) is 2. The Balaban J connectivity index is 3.10. The molecule has 0 N–H and O–H groups in total. The Bertz CT molecular complexity index is 232. The molecule has 60 valence electrons. The predicted octanol–water partition coefficient (Wildman–Crippen LogP) is 1.10. The summed E-state index contributed by atoms with van der Waals surface area (Å²) in [4.78, 5) is 7.77. The molecule has 1 aromatic heterocycles. The van der Waals surface area contributed by atoms with Crippen LogP contribution in [0.1, 0.15) is 0 Å². The van der Waals surface area contributed by atoms with Gasteiger partial charge in [0.1, 0.15) is 9.90 Å². The van der Waals surface area contributed by atoms with E-state index in [1.807, 2.05) is 0 Å². The third kappa shape index (κ3) is 1.70. The summed E-state index contributed by atoms with van der Waals surface area (Å²) in [5.41, 5.74) is 0. The SMILES string of the molecule is COc1ncnc(OC)c1I. The average Bonchev–Trinajstić information content (AvgIpc) is 2.05. The van der Waals surface area contributed by atoms with Crippen molar-refractivity contribution < 1.29 is 9.47 Å². The van der Waals surface area contributed by atoms with Crippen LogP contribution in [0.3, 0.4) is 0 Å². The lowest BCUT2D eigenvalue weighted by molar-refractivity contribution is 0.365. The van der Waals surface area contributed by atoms with E-state index >= 15 is 0 Å². The molecule has 0 atom stereocenters. The molecule has 5 heteroatoms. The number of methoxy groups -OCH3 is 2. The molecule has 0 aliphatic heterocycles. The zero-order valence-corrected chi connectivity index (χ0v) is 8.32. The Morgan fingerprint density at radius 2 is 1.64 bits per heavy atom. The lowest BCUT2D eigenvalue weighted by Crippen LogP contribution is -1.96. The van der Waals surface area contributed by atoms with Crippen LogP contribution < -0.4 is 9.47 Å². The number of rotatable bonds is 2. The molecule has 4 nitrogen and oxygen atoms in total. The summed E-state index contributed by atoms with van der Waals surface area (Å²) in [6, 6.07) is 0. The monoisotopic (exact) mass is 266 g/mol. The van der Waals surface area contributed by atoms with E-state index in [1.165, 1.54) is 6.33 Å². The maximum absolute atomic E-state index is 4.95. The van der Waals surface area contributed by atoms with Gasteiger partial charge in [0.05, 0.1) is 14.2 Å². The van der Waals surface area contributed by atoms with E-state index in [9.17, 15) is 0 Å². The summed E-state index contributed by atoms with van der Waals surface area (Å²) in [5.74, 6) is 1.08. The highest BCUT2D eigenvalue weighted by molar-refractivity contribution is 14.1. The first kappa shape index (κ1) is 8.51. The van der Waals surface area contributed by atoms with E-state index < -0.39 is 0 Å². The van der Waals surface area contributed by atoms with Crippen molar-refractivity contribution in [1.29, 1.82) is 0 Å². The molecule has 0 amide bonds. The minimum Gasteiger partial charge on any atom is -0.480 e. The summed E-state index contributed by atoms with van der Waals surface area (Å²) in [6.07, 6.45) is 1.40. The van der Waals surface area contributed by atoms with Crippen LogP contribution in [0.15, 0.2) is 6.33 Å². The first-order chi connectivity index (χ1) is 5.29. The zero-order chi connectivity index (χ0) is 8.27. The Kier molecular flexibility index (Phi) is 2.86. The molecule has 0 bridgehead atoms. The second-order valence-electron chi connectivity index (χ2n) is 1.71. The molecule has 0 aromatic carbocycles. The van der Waals surface area contributed by atoms with Gasteiger partial charge in [0.2, 0.25) is 11.8 Å². The number of hydrogen-bond acceptors (Lipinski definition) is 4. The van der Waals surface area contributed by atoms with Gasteiger partial charge in [0, 0.05) is 0 Å². The van der Waals surface area contributed by atoms with Crippen LogP contribution in [0.2, 0.25) is 0 Å². The minimum absolute atomic E-state index is 0.539. The van der Waals surface area contributed by atoms with E-state index in [4.69, 9.17) is 9.47 Å². The highest BCUT2D eigenvalue weighted by atomic mass is 127. The maximum atomic E-state index is 4.95. The second-order valence-corrected chi connectivity index (χ2v) is 2.78. The number of nitrogens with zero attached hydrogens (tertiary/aromatic N) is 2. The molecule has 1 aromatic rings. The van der Waals surface area contributed by atoms with Crippen molar-refractivity contribution in [1.82, 2.24) is 9.97 Å². The van der Waals surface area contributed by atoms with E-state index in [1.54, 1.807) is 14.2 Å². The van der Waals surface area contributed by atoms with Crippen LogP contribution in [0.4, 0.5) is 0 Å². The van der Waals surface area contributed by atoms with Crippen LogP contribution in [0.5, 0.6) is 11.8 Å². The van der Waals surface area contributed by atoms with E-state index in [-0.39, 0.29) is 0 Å². The van der Waals surface area contributed by atoms with Gasteiger partial charge in [-0.2, -0.15) is 0 Å². The van der Waals surface area contributed by atoms with Gasteiger partial charge in [-0.15, -0.1) is 0 Å². The van der Waals surface area contributed by atoms with Crippen LogP contribution >= 0.6 is 22.6 Å². The van der Waals surface area contributed by atoms with E-state index in [0.29, 0.717) is 11.8 Å². The quantitative estimate of drug-likeness (QED) is 0.752. The molecule has 0 saturated carbocycles. The lowest BCUT2D eigenvalue weighted by atomic mass is 10.6. The Morgan fingerprint density at radius 3 is 2.00 bits per heavy atom. The molecule has 0 aliphatic carbocycles. The molecule has 0 radical (unpaired) electrons. The van der Waals surface area contributed by atoms with Crippen molar-refractivity contribution in [3.05, 3.63) is 9.90 Å². The van der Waals surface area contributed by atoms with Gasteiger partial charge in [0.15, 0.2) is 0 Å². The largest absolute Gasteiger partial charge is 0.480 e. The van der Waals surface area contributed by atoms with Crippen LogP contribution in [-0.2, 0) is 0 Å². The number of aromatic nitrogens is 2. The van der Waals surface area contributed by atoms with Crippen LogP contribution in [0.25, 0.3) is 0 Å². The van der Waals surface area contributed by atoms with Crippen molar-refractivity contribution in [2.75, 3.05) is 14.2 Å². The summed E-state index contributed by atoms with van der Waals surface area (Å²) in [7, 11) is 3.12. The second kappa shape index (κ2) is 3.70. The van der Waals surface area contributed by atoms with Crippen molar-refractivity contribution in [3.63, 3.8) is 0 Å². The summed E-state index contributed by atoms with van der Waals surface area (Å²) < 4.78 is 10.7. The first-order valence-electron chi connectivity index (χ1n) is 2.88. The van der Waals surface area contributed by atoms with E-state index in [0.717, 1.165) is 3.57 Å². The normalized spacial score (nSPS) is 9.36. The lowest BCUT2D eigenvalue weighted by Gasteiger charge is -2.03. The van der Waals surface area contributed by atoms with Gasteiger partial charge >= 0.3 is 0 Å². The smallest absolute Gasteiger partial charge is 0.233 e. The summed E-state index contributed by atoms with van der Waals surface area (Å²) in [5, 5.41) is 0. The first-order valence-corrected chi connectivity index (χ1v) is 3.96. The molecule has 1 heterocycles. The van der Waals surface area contributed by atoms with Gasteiger partial charge in [-0.1, -0.05) is 0 Å². The van der Waals surface area contributed by atoms with Gasteiger partial charge < -0.3 is 9.47 Å². The topological polar surface area (TPSA) is 44.2 Å². The van der Waals surface area contributed by atoms with Gasteiger partial charge in [-0.05, 0) is 22.6 Å². The minimum atomic E-state index is 0.539. The van der Waals surface area contributed by atoms with Gasteiger partial charge in [-0.3, -0.25) is 0 Å². The number of halogens is 1. The van der Waals surface area contributed by atoms with Crippen molar-refractivity contribution in [3.8, 4) is 11.8 Å². The fourth-order valence-electron chi connectivity index (χ4n) is 0.623. The van der Waals surface area contributed by atoms with Gasteiger partial charge in [-0.25, -0.2) is 9.97 Å². The van der Waals surface area contributed by atoms with Gasteiger partial charge in [0.25, 0.3) is 0 Å². The maximum Gasteiger partial charge on any atom is 0.233 e. The van der Waals surface area contributed by atoms with Crippen molar-refractivity contribution in [2.45, 2.75) is 0 Å². The molecule has 0 fully saturated rings. The molecule has 0 unspecified atom stereocenters. The standard InChI is InChI=1S/C6H7IN2O2/c1-10-5-4(7)6(11-2)9-3-8-5/h3H,1-2H3. The molecular formula is C6H7IN2O2. The highest BCUT2D eigenvalue weighted by Crippen LogP contribution is 2.24. The zero-order valence-electron chi connectivity index (χ0n) is 6.17. The molecule has 0 spiro atoms. The Hall–Kier alpha value is -0.590. The average molecular weight is 266 g/mol. The van der Waals surface area contributed by atoms with Crippen molar-refractivity contribution >= 4 is 22.6 Å². The van der Waals surface area contributed by atoms with E-state index in [2.05, 4.69) is 32.6 Å². The van der Waals surface area contributed by atoms with Crippen LogP contribution in [0, 0.1) is 3.57 Å². The predicted molar refractivity (Wildman–Crippen MR) is 47.9 cm³/mol. The number of hydrogen-bond donors (Lipinski definition) is 0. The fraction of sp³-hybridized carbons (Fsp3) is 0.333. The Labute approximate surface area is 78.1 Å². The molecule has 0 aliphatic rings. The summed E-state index contributed by atoms with van der Waals surface area (Å²) >= 11 is 2.07. The Morgan fingerprint density at radius 1 is 1.18 bits per heavy atom. The van der Waals surface area contributed by atoms with Crippen molar-refractivity contribution in [2.24, 2.45) is 0 Å². The molecule has 0 saturated heterocycles. The third-order valence-electron chi connectivity index (χ3n) is 1.11.